The minimum Gasteiger partial charge on any atom is -0.219 e. The lowest BCUT2D eigenvalue weighted by Crippen LogP contribution is -2.42. The van der Waals surface area contributed by atoms with Gasteiger partial charge in [-0.25, -0.2) is 13.1 Å². The van der Waals surface area contributed by atoms with Crippen molar-refractivity contribution in [3.63, 3.8) is 0 Å². The molecule has 0 saturated heterocycles. The molecule has 0 amide bonds. The van der Waals surface area contributed by atoms with Crippen molar-refractivity contribution in [1.82, 2.24) is 4.72 Å². The Morgan fingerprint density at radius 2 is 2.00 bits per heavy atom. The van der Waals surface area contributed by atoms with Crippen LogP contribution in [0, 0.1) is 0 Å². The van der Waals surface area contributed by atoms with E-state index in [1.54, 1.807) is 6.92 Å². The van der Waals surface area contributed by atoms with Crippen molar-refractivity contribution in [3.8, 4) is 0 Å². The van der Waals surface area contributed by atoms with Gasteiger partial charge in [0.1, 0.15) is 0 Å². The van der Waals surface area contributed by atoms with Crippen molar-refractivity contribution in [2.45, 2.75) is 24.9 Å². The van der Waals surface area contributed by atoms with Gasteiger partial charge in [-0.2, -0.15) is 0 Å². The second kappa shape index (κ2) is 2.92. The van der Waals surface area contributed by atoms with Crippen LogP contribution in [0.25, 0.3) is 0 Å². The van der Waals surface area contributed by atoms with Gasteiger partial charge in [-0.05, 0) is 13.5 Å². The molecule has 0 aromatic rings. The molecule has 0 aliphatic rings. The molecule has 0 fully saturated rings. The summed E-state index contributed by atoms with van der Waals surface area (Å²) in [6.45, 7) is 3.22. The summed E-state index contributed by atoms with van der Waals surface area (Å²) in [6, 6.07) is 0. The first-order valence-corrected chi connectivity index (χ1v) is 4.57. The van der Waals surface area contributed by atoms with Crippen molar-refractivity contribution >= 4 is 17.9 Å². The number of nitrogens with one attached hydrogen (secondary N) is 1. The van der Waals surface area contributed by atoms with Gasteiger partial charge in [0, 0.05) is 4.65 Å². The number of rotatable bonds is 3. The molecule has 0 rings (SSSR count). The SMILES string of the molecule is [B]C(C)(CC)S(=O)(=O)NC. The van der Waals surface area contributed by atoms with Gasteiger partial charge >= 0.3 is 0 Å². The predicted molar refractivity (Wildman–Crippen MR) is 42.4 cm³/mol. The van der Waals surface area contributed by atoms with Crippen LogP contribution in [0.3, 0.4) is 0 Å². The third kappa shape index (κ3) is 1.73. The molecule has 0 aliphatic heterocycles. The Bertz CT molecular complexity index is 198. The minimum absolute atomic E-state index is 0.399. The van der Waals surface area contributed by atoms with Crippen LogP contribution in [0.5, 0.6) is 0 Å². The maximum atomic E-state index is 11.0. The molecule has 2 radical (unpaired) electrons. The van der Waals surface area contributed by atoms with E-state index in [1.165, 1.54) is 14.0 Å². The fourth-order valence-electron chi connectivity index (χ4n) is 0.423. The first-order valence-electron chi connectivity index (χ1n) is 3.09. The first kappa shape index (κ1) is 9.97. The van der Waals surface area contributed by atoms with Crippen molar-refractivity contribution < 1.29 is 8.42 Å². The molecule has 58 valence electrons. The molecule has 0 saturated carbocycles. The molecule has 10 heavy (non-hydrogen) atoms. The van der Waals surface area contributed by atoms with E-state index in [9.17, 15) is 8.42 Å². The highest BCUT2D eigenvalue weighted by molar-refractivity contribution is 7.92. The van der Waals surface area contributed by atoms with Gasteiger partial charge in [0.25, 0.3) is 0 Å². The first-order chi connectivity index (χ1) is 4.37. The molecule has 5 heteroatoms. The van der Waals surface area contributed by atoms with Crippen LogP contribution in [0.4, 0.5) is 0 Å². The van der Waals surface area contributed by atoms with Crippen molar-refractivity contribution in [3.05, 3.63) is 0 Å². The molecule has 3 nitrogen and oxygen atoms in total. The number of sulfonamides is 1. The van der Waals surface area contributed by atoms with E-state index in [0.717, 1.165) is 0 Å². The Morgan fingerprint density at radius 1 is 1.60 bits per heavy atom. The van der Waals surface area contributed by atoms with Crippen LogP contribution >= 0.6 is 0 Å². The molecule has 0 aliphatic carbocycles. The third-order valence-corrected chi connectivity index (χ3v) is 3.64. The number of hydrogen-bond donors (Lipinski definition) is 1. The average Bonchev–Trinajstić information content (AvgIpc) is 1.88. The molecular formula is C5H12BNO2S. The molecule has 1 unspecified atom stereocenters. The molecule has 0 aromatic heterocycles. The summed E-state index contributed by atoms with van der Waals surface area (Å²) in [7, 11) is 3.49. The van der Waals surface area contributed by atoms with E-state index < -0.39 is 14.7 Å². The van der Waals surface area contributed by atoms with E-state index in [1.807, 2.05) is 0 Å². The maximum Gasteiger partial charge on any atom is 0.208 e. The molecule has 1 N–H and O–H groups in total. The molecule has 0 bridgehead atoms. The van der Waals surface area contributed by atoms with Gasteiger partial charge in [0.2, 0.25) is 10.0 Å². The predicted octanol–water partition coefficient (Wildman–Crippen LogP) is -0.170. The Kier molecular flexibility index (Phi) is 2.92. The largest absolute Gasteiger partial charge is 0.219 e. The van der Waals surface area contributed by atoms with Gasteiger partial charge in [-0.3, -0.25) is 0 Å². The summed E-state index contributed by atoms with van der Waals surface area (Å²) < 4.78 is 23.1. The molecule has 0 aromatic carbocycles. The Labute approximate surface area is 63.7 Å². The Hall–Kier alpha value is -0.0251. The van der Waals surface area contributed by atoms with E-state index in [2.05, 4.69) is 4.72 Å². The van der Waals surface area contributed by atoms with Gasteiger partial charge in [0.05, 0.1) is 7.85 Å². The van der Waals surface area contributed by atoms with Crippen LogP contribution in [-0.2, 0) is 10.0 Å². The van der Waals surface area contributed by atoms with Gasteiger partial charge < -0.3 is 0 Å². The standard InChI is InChI=1S/C5H12BNO2S/c1-4-5(2,6)10(8,9)7-3/h7H,4H2,1-3H3. The zero-order chi connectivity index (χ0) is 8.41. The van der Waals surface area contributed by atoms with Crippen LogP contribution < -0.4 is 4.72 Å². The topological polar surface area (TPSA) is 46.2 Å². The molecule has 0 heterocycles. The van der Waals surface area contributed by atoms with Crippen LogP contribution in [0.1, 0.15) is 20.3 Å². The lowest BCUT2D eigenvalue weighted by atomic mass is 9.86. The van der Waals surface area contributed by atoms with Gasteiger partial charge in [-0.15, -0.1) is 0 Å². The maximum absolute atomic E-state index is 11.0. The van der Waals surface area contributed by atoms with Gasteiger partial charge in [0.15, 0.2) is 0 Å². The fraction of sp³-hybridized carbons (Fsp3) is 1.00. The van der Waals surface area contributed by atoms with Crippen molar-refractivity contribution in [2.75, 3.05) is 7.05 Å². The molecular weight excluding hydrogens is 149 g/mol. The smallest absolute Gasteiger partial charge is 0.208 e. The highest BCUT2D eigenvalue weighted by atomic mass is 32.2. The minimum atomic E-state index is -3.32. The highest BCUT2D eigenvalue weighted by Gasteiger charge is 2.29. The second-order valence-corrected chi connectivity index (χ2v) is 4.72. The van der Waals surface area contributed by atoms with Crippen LogP contribution in [0.15, 0.2) is 0 Å². The highest BCUT2D eigenvalue weighted by Crippen LogP contribution is 2.14. The monoisotopic (exact) mass is 161 g/mol. The lowest BCUT2D eigenvalue weighted by molar-refractivity contribution is 0.562. The summed E-state index contributed by atoms with van der Waals surface area (Å²) in [4.78, 5) is 0. The Morgan fingerprint density at radius 3 is 2.10 bits per heavy atom. The van der Waals surface area contributed by atoms with Crippen molar-refractivity contribution in [1.29, 1.82) is 0 Å². The average molecular weight is 161 g/mol. The normalized spacial score (nSPS) is 18.3. The summed E-state index contributed by atoms with van der Waals surface area (Å²) in [5.41, 5.74) is 0. The zero-order valence-corrected chi connectivity index (χ0v) is 7.33. The summed E-state index contributed by atoms with van der Waals surface area (Å²) in [5.74, 6) is 0. The zero-order valence-electron chi connectivity index (χ0n) is 6.51. The van der Waals surface area contributed by atoms with E-state index in [0.29, 0.717) is 6.42 Å². The quantitative estimate of drug-likeness (QED) is 0.584. The van der Waals surface area contributed by atoms with Crippen molar-refractivity contribution in [2.24, 2.45) is 0 Å². The van der Waals surface area contributed by atoms with Gasteiger partial charge in [-0.1, -0.05) is 13.8 Å². The van der Waals surface area contributed by atoms with E-state index >= 15 is 0 Å². The number of hydrogen-bond acceptors (Lipinski definition) is 2. The second-order valence-electron chi connectivity index (χ2n) is 2.37. The van der Waals surface area contributed by atoms with Crippen LogP contribution in [0.2, 0.25) is 0 Å². The lowest BCUT2D eigenvalue weighted by Gasteiger charge is -2.22. The molecule has 1 atom stereocenters. The molecule has 0 spiro atoms. The van der Waals surface area contributed by atoms with E-state index in [-0.39, 0.29) is 0 Å². The van der Waals surface area contributed by atoms with Crippen LogP contribution in [-0.4, -0.2) is 28.0 Å². The summed E-state index contributed by atoms with van der Waals surface area (Å²) >= 11 is 0. The summed E-state index contributed by atoms with van der Waals surface area (Å²) in [5, 5.41) is 0. The van der Waals surface area contributed by atoms with E-state index in [4.69, 9.17) is 7.85 Å². The summed E-state index contributed by atoms with van der Waals surface area (Å²) in [6.07, 6.45) is 0.399. The fourth-order valence-corrected chi connectivity index (χ4v) is 1.27. The Balaban J connectivity index is 4.64. The third-order valence-electron chi connectivity index (χ3n) is 1.58.